The standard InChI is InChI=1S/C15H19Br2NO2/c1-19-15-11(16)6-9(7-12(15)17)8-18-13-4-5-20-14(13)10-2-3-10/h6-7,10,13-14,18H,2-5,8H2,1H3. The molecule has 3 rings (SSSR count). The molecule has 0 amide bonds. The predicted molar refractivity (Wildman–Crippen MR) is 86.1 cm³/mol. The summed E-state index contributed by atoms with van der Waals surface area (Å²) in [6, 6.07) is 4.72. The van der Waals surface area contributed by atoms with Gasteiger partial charge in [-0.25, -0.2) is 0 Å². The van der Waals surface area contributed by atoms with Crippen LogP contribution in [-0.4, -0.2) is 25.9 Å². The fourth-order valence-electron chi connectivity index (χ4n) is 2.88. The van der Waals surface area contributed by atoms with E-state index in [2.05, 4.69) is 49.3 Å². The quantitative estimate of drug-likeness (QED) is 0.807. The summed E-state index contributed by atoms with van der Waals surface area (Å²) in [5, 5.41) is 3.65. The highest BCUT2D eigenvalue weighted by Gasteiger charge is 2.40. The molecular weight excluding hydrogens is 386 g/mol. The molecule has 0 aromatic heterocycles. The molecule has 1 aromatic rings. The molecule has 0 spiro atoms. The molecule has 110 valence electrons. The van der Waals surface area contributed by atoms with E-state index in [1.54, 1.807) is 7.11 Å². The van der Waals surface area contributed by atoms with E-state index in [1.807, 2.05) is 0 Å². The molecular formula is C15H19Br2NO2. The van der Waals surface area contributed by atoms with Crippen molar-refractivity contribution in [1.29, 1.82) is 0 Å². The van der Waals surface area contributed by atoms with Gasteiger partial charge in [0.15, 0.2) is 0 Å². The largest absolute Gasteiger partial charge is 0.494 e. The van der Waals surface area contributed by atoms with Crippen LogP contribution in [0.4, 0.5) is 0 Å². The Bertz CT molecular complexity index is 468. The van der Waals surface area contributed by atoms with Gasteiger partial charge in [-0.3, -0.25) is 0 Å². The molecule has 1 aromatic carbocycles. The van der Waals surface area contributed by atoms with Crippen LogP contribution >= 0.6 is 31.9 Å². The normalized spacial score (nSPS) is 25.9. The molecule has 2 atom stereocenters. The number of nitrogens with one attached hydrogen (secondary N) is 1. The van der Waals surface area contributed by atoms with Crippen LogP contribution in [0.1, 0.15) is 24.8 Å². The van der Waals surface area contributed by atoms with E-state index in [0.717, 1.165) is 40.2 Å². The number of benzene rings is 1. The van der Waals surface area contributed by atoms with Crippen LogP contribution in [0.15, 0.2) is 21.1 Å². The lowest BCUT2D eigenvalue weighted by Crippen LogP contribution is -2.37. The van der Waals surface area contributed by atoms with E-state index in [-0.39, 0.29) is 0 Å². The molecule has 1 N–H and O–H groups in total. The second-order valence-corrected chi connectivity index (χ2v) is 7.25. The van der Waals surface area contributed by atoms with Gasteiger partial charge in [0, 0.05) is 19.2 Å². The zero-order valence-corrected chi connectivity index (χ0v) is 14.7. The number of rotatable bonds is 5. The molecule has 3 nitrogen and oxygen atoms in total. The number of halogens is 2. The van der Waals surface area contributed by atoms with E-state index in [4.69, 9.17) is 9.47 Å². The van der Waals surface area contributed by atoms with Gasteiger partial charge in [-0.15, -0.1) is 0 Å². The first-order chi connectivity index (χ1) is 9.69. The minimum absolute atomic E-state index is 0.431. The van der Waals surface area contributed by atoms with Crippen LogP contribution in [0.2, 0.25) is 0 Å². The zero-order chi connectivity index (χ0) is 14.1. The Hall–Kier alpha value is -0.100. The van der Waals surface area contributed by atoms with Gasteiger partial charge in [-0.05, 0) is 74.7 Å². The van der Waals surface area contributed by atoms with Crippen molar-refractivity contribution in [2.45, 2.75) is 38.0 Å². The third-order valence-electron chi connectivity index (χ3n) is 4.05. The van der Waals surface area contributed by atoms with E-state index < -0.39 is 0 Å². The van der Waals surface area contributed by atoms with Gasteiger partial charge in [-0.2, -0.15) is 0 Å². The lowest BCUT2D eigenvalue weighted by atomic mass is 10.1. The van der Waals surface area contributed by atoms with E-state index in [0.29, 0.717) is 12.1 Å². The maximum absolute atomic E-state index is 5.86. The highest BCUT2D eigenvalue weighted by molar-refractivity contribution is 9.11. The average molecular weight is 405 g/mol. The predicted octanol–water partition coefficient (Wildman–Crippen LogP) is 3.88. The van der Waals surface area contributed by atoms with Crippen LogP contribution in [-0.2, 0) is 11.3 Å². The first kappa shape index (κ1) is 14.8. The fraction of sp³-hybridized carbons (Fsp3) is 0.600. The Morgan fingerprint density at radius 3 is 2.55 bits per heavy atom. The van der Waals surface area contributed by atoms with Crippen molar-refractivity contribution < 1.29 is 9.47 Å². The molecule has 0 radical (unpaired) electrons. The molecule has 1 saturated heterocycles. The molecule has 1 aliphatic carbocycles. The minimum atomic E-state index is 0.431. The highest BCUT2D eigenvalue weighted by atomic mass is 79.9. The summed E-state index contributed by atoms with van der Waals surface area (Å²) in [4.78, 5) is 0. The Morgan fingerprint density at radius 1 is 1.25 bits per heavy atom. The number of ether oxygens (including phenoxy) is 2. The van der Waals surface area contributed by atoms with Gasteiger partial charge in [0.25, 0.3) is 0 Å². The van der Waals surface area contributed by atoms with Gasteiger partial charge >= 0.3 is 0 Å². The number of hydrogen-bond acceptors (Lipinski definition) is 3. The van der Waals surface area contributed by atoms with Gasteiger partial charge in [0.05, 0.1) is 22.2 Å². The van der Waals surface area contributed by atoms with Crippen molar-refractivity contribution in [2.24, 2.45) is 5.92 Å². The zero-order valence-electron chi connectivity index (χ0n) is 11.5. The number of hydrogen-bond donors (Lipinski definition) is 1. The Kier molecular flexibility index (Phi) is 4.70. The summed E-state index contributed by atoms with van der Waals surface area (Å²) in [5.74, 6) is 1.64. The fourth-order valence-corrected chi connectivity index (χ4v) is 4.48. The first-order valence-electron chi connectivity index (χ1n) is 7.06. The van der Waals surface area contributed by atoms with Crippen molar-refractivity contribution >= 4 is 31.9 Å². The Balaban J connectivity index is 1.63. The second kappa shape index (κ2) is 6.34. The molecule has 1 heterocycles. The summed E-state index contributed by atoms with van der Waals surface area (Å²) in [6.45, 7) is 1.76. The molecule has 1 saturated carbocycles. The van der Waals surface area contributed by atoms with Gasteiger partial charge in [0.2, 0.25) is 0 Å². The summed E-state index contributed by atoms with van der Waals surface area (Å²) in [6.07, 6.45) is 4.23. The smallest absolute Gasteiger partial charge is 0.147 e. The summed E-state index contributed by atoms with van der Waals surface area (Å²) < 4.78 is 13.2. The van der Waals surface area contributed by atoms with Crippen LogP contribution in [0.25, 0.3) is 0 Å². The molecule has 2 unspecified atom stereocenters. The molecule has 0 bridgehead atoms. The van der Waals surface area contributed by atoms with Gasteiger partial charge < -0.3 is 14.8 Å². The summed E-state index contributed by atoms with van der Waals surface area (Å²) in [5.41, 5.74) is 1.24. The first-order valence-corrected chi connectivity index (χ1v) is 8.64. The SMILES string of the molecule is COc1c(Br)cc(CNC2CCOC2C2CC2)cc1Br. The maximum atomic E-state index is 5.86. The van der Waals surface area contributed by atoms with E-state index >= 15 is 0 Å². The summed E-state index contributed by atoms with van der Waals surface area (Å²) in [7, 11) is 1.68. The van der Waals surface area contributed by atoms with Crippen molar-refractivity contribution in [3.63, 3.8) is 0 Å². The molecule has 20 heavy (non-hydrogen) atoms. The molecule has 2 aliphatic rings. The topological polar surface area (TPSA) is 30.5 Å². The summed E-state index contributed by atoms with van der Waals surface area (Å²) >= 11 is 7.10. The van der Waals surface area contributed by atoms with Crippen molar-refractivity contribution in [2.75, 3.05) is 13.7 Å². The van der Waals surface area contributed by atoms with Crippen LogP contribution < -0.4 is 10.1 Å². The molecule has 5 heteroatoms. The monoisotopic (exact) mass is 403 g/mol. The van der Waals surface area contributed by atoms with Crippen LogP contribution in [0, 0.1) is 5.92 Å². The van der Waals surface area contributed by atoms with Gasteiger partial charge in [-0.1, -0.05) is 0 Å². The third kappa shape index (κ3) is 3.21. The molecule has 2 fully saturated rings. The van der Waals surface area contributed by atoms with E-state index in [9.17, 15) is 0 Å². The Labute approximate surface area is 136 Å². The lowest BCUT2D eigenvalue weighted by molar-refractivity contribution is 0.0809. The second-order valence-electron chi connectivity index (χ2n) is 5.54. The van der Waals surface area contributed by atoms with Gasteiger partial charge in [0.1, 0.15) is 5.75 Å². The van der Waals surface area contributed by atoms with Crippen LogP contribution in [0.3, 0.4) is 0 Å². The average Bonchev–Trinajstić information content (AvgIpc) is 3.15. The number of methoxy groups -OCH3 is 1. The third-order valence-corrected chi connectivity index (χ3v) is 5.23. The van der Waals surface area contributed by atoms with Crippen LogP contribution in [0.5, 0.6) is 5.75 Å². The maximum Gasteiger partial charge on any atom is 0.147 e. The van der Waals surface area contributed by atoms with E-state index in [1.165, 1.54) is 18.4 Å². The Morgan fingerprint density at radius 2 is 1.95 bits per heavy atom. The lowest BCUT2D eigenvalue weighted by Gasteiger charge is -2.20. The van der Waals surface area contributed by atoms with Crippen molar-refractivity contribution in [1.82, 2.24) is 5.32 Å². The molecule has 1 aliphatic heterocycles. The van der Waals surface area contributed by atoms with Crippen molar-refractivity contribution in [3.05, 3.63) is 26.6 Å². The highest BCUT2D eigenvalue weighted by Crippen LogP contribution is 2.39. The van der Waals surface area contributed by atoms with Crippen molar-refractivity contribution in [3.8, 4) is 5.75 Å². The minimum Gasteiger partial charge on any atom is -0.494 e.